The maximum absolute atomic E-state index is 13.1. The predicted octanol–water partition coefficient (Wildman–Crippen LogP) is 2.67. The van der Waals surface area contributed by atoms with Gasteiger partial charge in [-0.25, -0.2) is 4.79 Å². The van der Waals surface area contributed by atoms with Crippen LogP contribution in [0.4, 0.5) is 19.0 Å². The quantitative estimate of drug-likeness (QED) is 0.401. The Morgan fingerprint density at radius 2 is 1.93 bits per heavy atom. The lowest BCUT2D eigenvalue weighted by atomic mass is 10.1. The maximum Gasteiger partial charge on any atom is 0.471 e. The first kappa shape index (κ1) is 31.8. The van der Waals surface area contributed by atoms with Gasteiger partial charge in [-0.05, 0) is 39.0 Å². The number of nitrogens with one attached hydrogen (secondary N) is 2. The zero-order chi connectivity index (χ0) is 30.7. The minimum atomic E-state index is -5.17. The van der Waals surface area contributed by atoms with Crippen molar-refractivity contribution in [2.75, 3.05) is 24.9 Å². The van der Waals surface area contributed by atoms with Gasteiger partial charge in [0.2, 0.25) is 0 Å². The molecule has 2 amide bonds. The average molecular weight is 619 g/mol. The number of aromatic nitrogens is 2. The van der Waals surface area contributed by atoms with Crippen LogP contribution in [0.1, 0.15) is 31.1 Å². The number of nitrogens with zero attached hydrogens (tertiary/aromatic N) is 2. The van der Waals surface area contributed by atoms with Crippen molar-refractivity contribution in [3.63, 3.8) is 0 Å². The fourth-order valence-corrected chi connectivity index (χ4v) is 5.73. The van der Waals surface area contributed by atoms with Crippen LogP contribution in [-0.4, -0.2) is 77.2 Å². The average Bonchev–Trinajstić information content (AvgIpc) is 3.20. The Kier molecular flexibility index (Phi) is 9.55. The SMILES string of the molecule is C[C@H]1OC(C)(C)O[C@H]1[C@H](COP1(=O)COC(Cn2ccc(NC(=O)c3ccccc3)nc2=O)CO1)NC(=O)C(F)(F)F. The fraction of sp³-hybridized carbons (Fsp3) is 0.520. The molecule has 2 fully saturated rings. The number of carbonyl (C=O) groups excluding carboxylic acids is 2. The number of benzene rings is 1. The van der Waals surface area contributed by atoms with Gasteiger partial charge in [-0.3, -0.25) is 18.7 Å². The standard InChI is InChI=1S/C25H30F3N4O9P/c1-15-20(41-24(2,3)40-15)18(29-22(34)25(26,27)28)13-39-42(36)14-37-17(12-38-42)11-32-10-9-19(31-23(32)35)30-21(33)16-7-5-4-6-8-16/h4-10,15,17-18,20H,11-14H2,1-3H3,(H,29,34)(H,30,31,33,35)/t15-,17?,18+,20-,42?/m1/s1. The second-order valence-corrected chi connectivity index (χ2v) is 12.1. The van der Waals surface area contributed by atoms with E-state index in [9.17, 15) is 32.1 Å². The lowest BCUT2D eigenvalue weighted by Gasteiger charge is -2.32. The van der Waals surface area contributed by atoms with E-state index in [0.717, 1.165) is 0 Å². The van der Waals surface area contributed by atoms with Gasteiger partial charge in [0.25, 0.3) is 5.91 Å². The summed E-state index contributed by atoms with van der Waals surface area (Å²) in [6, 6.07) is 8.41. The van der Waals surface area contributed by atoms with Crippen molar-refractivity contribution in [1.82, 2.24) is 14.9 Å². The molecule has 3 heterocycles. The third kappa shape index (κ3) is 8.24. The predicted molar refractivity (Wildman–Crippen MR) is 140 cm³/mol. The highest BCUT2D eigenvalue weighted by atomic mass is 31.2. The summed E-state index contributed by atoms with van der Waals surface area (Å²) < 4.78 is 80.6. The molecule has 2 aliphatic rings. The minimum Gasteiger partial charge on any atom is -0.361 e. The van der Waals surface area contributed by atoms with Gasteiger partial charge in [0.15, 0.2) is 5.79 Å². The molecular formula is C25H30F3N4O9P. The van der Waals surface area contributed by atoms with Gasteiger partial charge in [-0.2, -0.15) is 18.2 Å². The topological polar surface area (TPSA) is 156 Å². The van der Waals surface area contributed by atoms with E-state index in [-0.39, 0.29) is 19.0 Å². The van der Waals surface area contributed by atoms with Gasteiger partial charge in [0.05, 0.1) is 31.9 Å². The number of alkyl halides is 3. The molecule has 0 bridgehead atoms. The largest absolute Gasteiger partial charge is 0.471 e. The summed E-state index contributed by atoms with van der Waals surface area (Å²) in [5.74, 6) is -3.75. The Morgan fingerprint density at radius 3 is 2.50 bits per heavy atom. The van der Waals surface area contributed by atoms with Gasteiger partial charge >= 0.3 is 25.4 Å². The maximum atomic E-state index is 13.1. The third-order valence-corrected chi connectivity index (χ3v) is 7.80. The van der Waals surface area contributed by atoms with Crippen molar-refractivity contribution >= 4 is 25.2 Å². The molecule has 13 nitrogen and oxygen atoms in total. The van der Waals surface area contributed by atoms with Crippen LogP contribution >= 0.6 is 7.60 Å². The Morgan fingerprint density at radius 1 is 1.21 bits per heavy atom. The molecule has 5 atom stereocenters. The first-order valence-electron chi connectivity index (χ1n) is 12.8. The van der Waals surface area contributed by atoms with Crippen LogP contribution in [0.3, 0.4) is 0 Å². The fourth-order valence-electron chi connectivity index (χ4n) is 4.33. The molecule has 1 aromatic heterocycles. The van der Waals surface area contributed by atoms with E-state index in [4.69, 9.17) is 23.3 Å². The van der Waals surface area contributed by atoms with E-state index in [0.29, 0.717) is 5.56 Å². The monoisotopic (exact) mass is 618 g/mol. The van der Waals surface area contributed by atoms with Crippen LogP contribution in [0, 0.1) is 0 Å². The van der Waals surface area contributed by atoms with E-state index in [1.54, 1.807) is 51.1 Å². The van der Waals surface area contributed by atoms with Crippen molar-refractivity contribution in [2.45, 2.75) is 63.6 Å². The molecule has 2 unspecified atom stereocenters. The molecule has 0 saturated carbocycles. The first-order valence-corrected chi connectivity index (χ1v) is 14.5. The third-order valence-electron chi connectivity index (χ3n) is 6.25. The highest BCUT2D eigenvalue weighted by Crippen LogP contribution is 2.51. The Bertz CT molecular complexity index is 1380. The lowest BCUT2D eigenvalue weighted by Crippen LogP contribution is -2.53. The number of rotatable bonds is 9. The molecule has 2 N–H and O–H groups in total. The minimum absolute atomic E-state index is 0.0388. The molecule has 0 aliphatic carbocycles. The van der Waals surface area contributed by atoms with Crippen molar-refractivity contribution < 1.29 is 50.6 Å². The Hall–Kier alpha value is -3.14. The summed E-state index contributed by atoms with van der Waals surface area (Å²) in [4.78, 5) is 40.2. The number of halogens is 3. The van der Waals surface area contributed by atoms with Crippen LogP contribution in [0.5, 0.6) is 0 Å². The molecular weight excluding hydrogens is 588 g/mol. The first-order chi connectivity index (χ1) is 19.6. The molecule has 42 heavy (non-hydrogen) atoms. The molecule has 1 aromatic carbocycles. The van der Waals surface area contributed by atoms with Gasteiger partial charge < -0.3 is 33.9 Å². The van der Waals surface area contributed by atoms with Gasteiger partial charge in [0, 0.05) is 11.8 Å². The van der Waals surface area contributed by atoms with E-state index in [1.165, 1.54) is 16.8 Å². The number of amides is 2. The molecule has 0 radical (unpaired) electrons. The molecule has 4 rings (SSSR count). The molecule has 2 aliphatic heterocycles. The van der Waals surface area contributed by atoms with E-state index < -0.39 is 74.4 Å². The molecule has 0 spiro atoms. The number of hydrogen-bond donors (Lipinski definition) is 2. The van der Waals surface area contributed by atoms with Gasteiger partial charge in [-0.1, -0.05) is 18.2 Å². The molecule has 230 valence electrons. The van der Waals surface area contributed by atoms with Crippen LogP contribution in [0.2, 0.25) is 0 Å². The van der Waals surface area contributed by atoms with Crippen molar-refractivity contribution in [2.24, 2.45) is 0 Å². The number of hydrogen-bond acceptors (Lipinski definition) is 10. The highest BCUT2D eigenvalue weighted by molar-refractivity contribution is 7.53. The van der Waals surface area contributed by atoms with Gasteiger partial charge in [0.1, 0.15) is 24.4 Å². The van der Waals surface area contributed by atoms with Crippen molar-refractivity contribution in [1.29, 1.82) is 0 Å². The zero-order valence-electron chi connectivity index (χ0n) is 22.8. The molecule has 2 aromatic rings. The number of carbonyl (C=O) groups is 2. The summed E-state index contributed by atoms with van der Waals surface area (Å²) >= 11 is 0. The van der Waals surface area contributed by atoms with E-state index in [1.807, 2.05) is 5.32 Å². The summed E-state index contributed by atoms with van der Waals surface area (Å²) in [6.45, 7) is 3.71. The molecule has 17 heteroatoms. The Labute approximate surface area is 238 Å². The highest BCUT2D eigenvalue weighted by Gasteiger charge is 2.47. The van der Waals surface area contributed by atoms with E-state index in [2.05, 4.69) is 10.3 Å². The summed E-state index contributed by atoms with van der Waals surface area (Å²) in [6.07, 6.45) is -6.85. The van der Waals surface area contributed by atoms with Crippen LogP contribution in [-0.2, 0) is 39.2 Å². The van der Waals surface area contributed by atoms with Gasteiger partial charge in [-0.15, -0.1) is 0 Å². The lowest BCUT2D eigenvalue weighted by molar-refractivity contribution is -0.177. The molecule has 2 saturated heterocycles. The number of anilines is 1. The van der Waals surface area contributed by atoms with Crippen molar-refractivity contribution in [3.05, 3.63) is 58.6 Å². The summed E-state index contributed by atoms with van der Waals surface area (Å²) in [7, 11) is -3.95. The second-order valence-electron chi connectivity index (χ2n) is 10.1. The smallest absolute Gasteiger partial charge is 0.361 e. The number of ether oxygens (including phenoxy) is 3. The van der Waals surface area contributed by atoms with Crippen LogP contribution in [0.15, 0.2) is 47.4 Å². The van der Waals surface area contributed by atoms with E-state index >= 15 is 0 Å². The Balaban J connectivity index is 1.32. The van der Waals surface area contributed by atoms with Crippen LogP contribution < -0.4 is 16.3 Å². The summed E-state index contributed by atoms with van der Waals surface area (Å²) in [5, 5.41) is 4.35. The zero-order valence-corrected chi connectivity index (χ0v) is 23.7. The normalized spacial score (nSPS) is 26.4. The second kappa shape index (κ2) is 12.6. The summed E-state index contributed by atoms with van der Waals surface area (Å²) in [5.41, 5.74) is -0.298. The van der Waals surface area contributed by atoms with Crippen LogP contribution in [0.25, 0.3) is 0 Å². The van der Waals surface area contributed by atoms with Crippen molar-refractivity contribution in [3.8, 4) is 0 Å².